The van der Waals surface area contributed by atoms with Gasteiger partial charge in [0.1, 0.15) is 5.15 Å². The standard InChI is InChI=1S/C22H21ClF3N5OS/c1-14(2)31(33-17-6-7-20(23)29-10-17)13-21(32)30-9-15-4-3-5-16(8-15)18-11-28-19(12-27-18)22(24,25)26/h3-8,10-12,14H,9,13H2,1-2H3,(H,30,32). The first-order valence-corrected chi connectivity index (χ1v) is 11.1. The third kappa shape index (κ3) is 7.41. The lowest BCUT2D eigenvalue weighted by Gasteiger charge is -2.24. The second-order valence-corrected chi connectivity index (χ2v) is 8.85. The van der Waals surface area contributed by atoms with Crippen molar-refractivity contribution in [3.05, 3.63) is 71.4 Å². The molecule has 3 aromatic rings. The van der Waals surface area contributed by atoms with Crippen molar-refractivity contribution in [1.82, 2.24) is 24.6 Å². The summed E-state index contributed by atoms with van der Waals surface area (Å²) in [5.74, 6) is -0.169. The Hall–Kier alpha value is -2.69. The van der Waals surface area contributed by atoms with Crippen molar-refractivity contribution >= 4 is 29.5 Å². The van der Waals surface area contributed by atoms with Crippen molar-refractivity contribution in [3.63, 3.8) is 0 Å². The molecule has 3 rings (SSSR count). The minimum absolute atomic E-state index is 0.0954. The molecule has 33 heavy (non-hydrogen) atoms. The Morgan fingerprint density at radius 2 is 1.91 bits per heavy atom. The van der Waals surface area contributed by atoms with Crippen LogP contribution < -0.4 is 5.32 Å². The molecule has 1 aromatic carbocycles. The molecule has 0 unspecified atom stereocenters. The fourth-order valence-electron chi connectivity index (χ4n) is 2.73. The Morgan fingerprint density at radius 3 is 2.52 bits per heavy atom. The van der Waals surface area contributed by atoms with Gasteiger partial charge in [-0.1, -0.05) is 29.8 Å². The summed E-state index contributed by atoms with van der Waals surface area (Å²) in [6, 6.07) is 10.7. The van der Waals surface area contributed by atoms with E-state index in [4.69, 9.17) is 11.6 Å². The second kappa shape index (κ2) is 11.0. The van der Waals surface area contributed by atoms with E-state index in [2.05, 4.69) is 20.3 Å². The maximum absolute atomic E-state index is 12.7. The fraction of sp³-hybridized carbons (Fsp3) is 0.273. The van der Waals surface area contributed by atoms with Gasteiger partial charge in [-0.15, -0.1) is 0 Å². The van der Waals surface area contributed by atoms with Crippen molar-refractivity contribution in [1.29, 1.82) is 0 Å². The van der Waals surface area contributed by atoms with Gasteiger partial charge in [0, 0.05) is 29.2 Å². The van der Waals surface area contributed by atoms with Crippen molar-refractivity contribution in [2.75, 3.05) is 6.54 Å². The van der Waals surface area contributed by atoms with Gasteiger partial charge in [-0.05, 0) is 49.6 Å². The average molecular weight is 496 g/mol. The number of carbonyl (C=O) groups excluding carboxylic acids is 1. The highest BCUT2D eigenvalue weighted by atomic mass is 35.5. The zero-order chi connectivity index (χ0) is 24.0. The van der Waals surface area contributed by atoms with Gasteiger partial charge in [0.15, 0.2) is 5.69 Å². The van der Waals surface area contributed by atoms with Gasteiger partial charge in [0.25, 0.3) is 0 Å². The molecule has 6 nitrogen and oxygen atoms in total. The molecule has 1 N–H and O–H groups in total. The third-order valence-corrected chi connectivity index (χ3v) is 5.91. The monoisotopic (exact) mass is 495 g/mol. The van der Waals surface area contributed by atoms with Crippen LogP contribution in [0.5, 0.6) is 0 Å². The van der Waals surface area contributed by atoms with Crippen LogP contribution in [0.4, 0.5) is 13.2 Å². The van der Waals surface area contributed by atoms with Crippen LogP contribution in [0.3, 0.4) is 0 Å². The molecule has 0 atom stereocenters. The Labute approximate surface area is 198 Å². The first-order chi connectivity index (χ1) is 15.6. The Morgan fingerprint density at radius 1 is 1.12 bits per heavy atom. The van der Waals surface area contributed by atoms with E-state index in [1.165, 1.54) is 11.9 Å². The van der Waals surface area contributed by atoms with Crippen molar-refractivity contribution in [3.8, 4) is 11.3 Å². The van der Waals surface area contributed by atoms with Crippen LogP contribution in [0.2, 0.25) is 5.15 Å². The van der Waals surface area contributed by atoms with Crippen molar-refractivity contribution in [2.24, 2.45) is 0 Å². The van der Waals surface area contributed by atoms with Gasteiger partial charge in [-0.3, -0.25) is 9.78 Å². The molecule has 0 aliphatic carbocycles. The number of hydrogen-bond acceptors (Lipinski definition) is 6. The minimum atomic E-state index is -4.54. The van der Waals surface area contributed by atoms with Crippen molar-refractivity contribution in [2.45, 2.75) is 37.5 Å². The van der Waals surface area contributed by atoms with Crippen LogP contribution in [0.25, 0.3) is 11.3 Å². The molecule has 174 valence electrons. The number of aromatic nitrogens is 3. The maximum atomic E-state index is 12.7. The van der Waals surface area contributed by atoms with Crippen LogP contribution in [0.15, 0.2) is 59.9 Å². The fourth-order valence-corrected chi connectivity index (χ4v) is 3.74. The summed E-state index contributed by atoms with van der Waals surface area (Å²) < 4.78 is 40.0. The summed E-state index contributed by atoms with van der Waals surface area (Å²) in [6.45, 7) is 4.39. The summed E-state index contributed by atoms with van der Waals surface area (Å²) >= 11 is 7.23. The van der Waals surface area contributed by atoms with E-state index in [1.54, 1.807) is 30.5 Å². The molecule has 0 bridgehead atoms. The summed E-state index contributed by atoms with van der Waals surface area (Å²) in [4.78, 5) is 24.8. The van der Waals surface area contributed by atoms with E-state index in [9.17, 15) is 18.0 Å². The predicted molar refractivity (Wildman–Crippen MR) is 121 cm³/mol. The molecule has 0 aliphatic heterocycles. The number of halogens is 4. The highest BCUT2D eigenvalue weighted by Gasteiger charge is 2.32. The molecule has 11 heteroatoms. The minimum Gasteiger partial charge on any atom is -0.351 e. The van der Waals surface area contributed by atoms with Crippen LogP contribution in [-0.4, -0.2) is 37.8 Å². The first-order valence-electron chi connectivity index (χ1n) is 9.93. The van der Waals surface area contributed by atoms with Gasteiger partial charge in [-0.25, -0.2) is 14.3 Å². The number of rotatable bonds is 8. The maximum Gasteiger partial charge on any atom is 0.434 e. The molecular weight excluding hydrogens is 475 g/mol. The number of benzene rings is 1. The topological polar surface area (TPSA) is 71.0 Å². The zero-order valence-electron chi connectivity index (χ0n) is 17.8. The van der Waals surface area contributed by atoms with Crippen LogP contribution in [0.1, 0.15) is 25.1 Å². The molecule has 2 heterocycles. The number of nitrogens with zero attached hydrogens (tertiary/aromatic N) is 4. The van der Waals surface area contributed by atoms with E-state index in [0.717, 1.165) is 16.7 Å². The van der Waals surface area contributed by atoms with Crippen LogP contribution in [0, 0.1) is 0 Å². The molecule has 0 aliphatic rings. The molecule has 0 radical (unpaired) electrons. The number of pyridine rings is 1. The second-order valence-electron chi connectivity index (χ2n) is 7.34. The van der Waals surface area contributed by atoms with E-state index < -0.39 is 11.9 Å². The van der Waals surface area contributed by atoms with E-state index >= 15 is 0 Å². The summed E-state index contributed by atoms with van der Waals surface area (Å²) in [6.07, 6.45) is -1.10. The van der Waals surface area contributed by atoms with Crippen LogP contribution in [-0.2, 0) is 17.5 Å². The summed E-state index contributed by atoms with van der Waals surface area (Å²) in [7, 11) is 0. The lowest BCUT2D eigenvalue weighted by molar-refractivity contribution is -0.141. The number of nitrogens with one attached hydrogen (secondary N) is 1. The molecule has 0 saturated carbocycles. The van der Waals surface area contributed by atoms with Gasteiger partial charge in [0.2, 0.25) is 5.91 Å². The number of amides is 1. The van der Waals surface area contributed by atoms with Gasteiger partial charge in [0.05, 0.1) is 24.6 Å². The smallest absolute Gasteiger partial charge is 0.351 e. The predicted octanol–water partition coefficient (Wildman–Crippen LogP) is 5.24. The normalized spacial score (nSPS) is 11.8. The Balaban J connectivity index is 1.59. The average Bonchev–Trinajstić information content (AvgIpc) is 2.78. The van der Waals surface area contributed by atoms with Gasteiger partial charge < -0.3 is 5.32 Å². The van der Waals surface area contributed by atoms with E-state index in [1.807, 2.05) is 30.3 Å². The Kier molecular flexibility index (Phi) is 8.28. The van der Waals surface area contributed by atoms with Crippen molar-refractivity contribution < 1.29 is 18.0 Å². The first kappa shape index (κ1) is 24.9. The molecule has 0 fully saturated rings. The number of hydrogen-bond donors (Lipinski definition) is 1. The lowest BCUT2D eigenvalue weighted by Crippen LogP contribution is -2.36. The third-order valence-electron chi connectivity index (χ3n) is 4.45. The molecule has 2 aromatic heterocycles. The Bertz CT molecular complexity index is 1080. The molecule has 0 spiro atoms. The highest BCUT2D eigenvalue weighted by Crippen LogP contribution is 2.28. The molecular formula is C22H21ClF3N5OS. The van der Waals surface area contributed by atoms with Gasteiger partial charge >= 0.3 is 6.18 Å². The number of alkyl halides is 3. The zero-order valence-corrected chi connectivity index (χ0v) is 19.4. The van der Waals surface area contributed by atoms with E-state index in [0.29, 0.717) is 22.6 Å². The quantitative estimate of drug-likeness (QED) is 0.340. The molecule has 1 amide bonds. The SMILES string of the molecule is CC(C)N(CC(=O)NCc1cccc(-c2cnc(C(F)(F)F)cn2)c1)Sc1ccc(Cl)nc1. The summed E-state index contributed by atoms with van der Waals surface area (Å²) in [5.41, 5.74) is 0.664. The molecule has 0 saturated heterocycles. The largest absolute Gasteiger partial charge is 0.434 e. The van der Waals surface area contributed by atoms with E-state index in [-0.39, 0.29) is 25.0 Å². The van der Waals surface area contributed by atoms with Gasteiger partial charge in [-0.2, -0.15) is 13.2 Å². The lowest BCUT2D eigenvalue weighted by atomic mass is 10.1. The summed E-state index contributed by atoms with van der Waals surface area (Å²) in [5, 5.41) is 3.27. The van der Waals surface area contributed by atoms with Crippen LogP contribution >= 0.6 is 23.5 Å². The number of carbonyl (C=O) groups is 1. The highest BCUT2D eigenvalue weighted by molar-refractivity contribution is 7.97.